The number of carbonyl (C=O) groups is 1. The summed E-state index contributed by atoms with van der Waals surface area (Å²) in [6.45, 7) is 0. The number of benzene rings is 1. The SMILES string of the molecule is O=C(O)c1ccnnc1Sc1nnnn1-c1ccccc1. The Bertz CT molecular complexity index is 776. The average Bonchev–Trinajstić information content (AvgIpc) is 2.96. The van der Waals surface area contributed by atoms with Gasteiger partial charge in [0.05, 0.1) is 17.4 Å². The molecule has 0 aliphatic heterocycles. The number of hydrogen-bond donors (Lipinski definition) is 1. The normalized spacial score (nSPS) is 10.5. The molecule has 1 aromatic carbocycles. The zero-order valence-corrected chi connectivity index (χ0v) is 11.3. The van der Waals surface area contributed by atoms with E-state index in [1.54, 1.807) is 0 Å². The van der Waals surface area contributed by atoms with Gasteiger partial charge < -0.3 is 5.11 Å². The largest absolute Gasteiger partial charge is 0.478 e. The Labute approximate surface area is 122 Å². The van der Waals surface area contributed by atoms with Crippen LogP contribution in [0.15, 0.2) is 52.8 Å². The summed E-state index contributed by atoms with van der Waals surface area (Å²) in [5, 5.41) is 28.7. The fourth-order valence-electron chi connectivity index (χ4n) is 1.62. The van der Waals surface area contributed by atoms with Gasteiger partial charge in [0.25, 0.3) is 0 Å². The van der Waals surface area contributed by atoms with Gasteiger partial charge in [-0.1, -0.05) is 18.2 Å². The topological polar surface area (TPSA) is 107 Å². The summed E-state index contributed by atoms with van der Waals surface area (Å²) in [6, 6.07) is 10.7. The lowest BCUT2D eigenvalue weighted by Crippen LogP contribution is -2.03. The molecular weight excluding hydrogens is 292 g/mol. The van der Waals surface area contributed by atoms with E-state index in [-0.39, 0.29) is 10.6 Å². The maximum Gasteiger partial charge on any atom is 0.338 e. The summed E-state index contributed by atoms with van der Waals surface area (Å²) in [5.74, 6) is -1.08. The Morgan fingerprint density at radius 3 is 2.71 bits per heavy atom. The van der Waals surface area contributed by atoms with Gasteiger partial charge in [0.15, 0.2) is 0 Å². The lowest BCUT2D eigenvalue weighted by Gasteiger charge is -2.04. The van der Waals surface area contributed by atoms with Crippen molar-refractivity contribution < 1.29 is 9.90 Å². The number of aromatic carboxylic acids is 1. The molecule has 0 saturated heterocycles. The second-order valence-electron chi connectivity index (χ2n) is 3.87. The maximum atomic E-state index is 11.2. The van der Waals surface area contributed by atoms with Crippen molar-refractivity contribution in [1.29, 1.82) is 0 Å². The van der Waals surface area contributed by atoms with E-state index in [2.05, 4.69) is 25.7 Å². The number of para-hydroxylation sites is 1. The van der Waals surface area contributed by atoms with Gasteiger partial charge in [-0.25, -0.2) is 4.79 Å². The van der Waals surface area contributed by atoms with Crippen LogP contribution >= 0.6 is 11.8 Å². The predicted octanol–water partition coefficient (Wildman–Crippen LogP) is 1.30. The van der Waals surface area contributed by atoms with Crippen LogP contribution in [0.3, 0.4) is 0 Å². The van der Waals surface area contributed by atoms with Crippen LogP contribution in [0.25, 0.3) is 5.69 Å². The van der Waals surface area contributed by atoms with Crippen molar-refractivity contribution in [3.05, 3.63) is 48.2 Å². The van der Waals surface area contributed by atoms with E-state index in [0.29, 0.717) is 5.16 Å². The molecule has 2 heterocycles. The molecule has 0 amide bonds. The Kier molecular flexibility index (Phi) is 3.56. The Morgan fingerprint density at radius 1 is 1.14 bits per heavy atom. The molecule has 8 nitrogen and oxygen atoms in total. The van der Waals surface area contributed by atoms with Gasteiger partial charge in [-0.2, -0.15) is 9.78 Å². The summed E-state index contributed by atoms with van der Waals surface area (Å²) in [5.41, 5.74) is 0.823. The maximum absolute atomic E-state index is 11.2. The molecule has 0 spiro atoms. The first-order valence-corrected chi connectivity index (χ1v) is 6.64. The molecular formula is C12H8N6O2S. The minimum absolute atomic E-state index is 0.0533. The standard InChI is InChI=1S/C12H8N6O2S/c19-11(20)9-6-7-13-14-10(9)21-12-15-16-17-18(12)8-4-2-1-3-5-8/h1-7H,(H,19,20). The van der Waals surface area contributed by atoms with Gasteiger partial charge in [0.1, 0.15) is 5.03 Å². The summed E-state index contributed by atoms with van der Waals surface area (Å²) >= 11 is 1.04. The van der Waals surface area contributed by atoms with E-state index < -0.39 is 5.97 Å². The second-order valence-corrected chi connectivity index (χ2v) is 4.82. The molecule has 0 radical (unpaired) electrons. The molecule has 0 unspecified atom stereocenters. The van der Waals surface area contributed by atoms with Crippen LogP contribution in [0.2, 0.25) is 0 Å². The van der Waals surface area contributed by atoms with Crippen molar-refractivity contribution in [2.45, 2.75) is 10.2 Å². The van der Waals surface area contributed by atoms with E-state index in [4.69, 9.17) is 5.11 Å². The minimum atomic E-state index is -1.08. The summed E-state index contributed by atoms with van der Waals surface area (Å²) in [7, 11) is 0. The van der Waals surface area contributed by atoms with E-state index in [9.17, 15) is 4.79 Å². The third kappa shape index (κ3) is 2.72. The first kappa shape index (κ1) is 13.2. The fourth-order valence-corrected chi connectivity index (χ4v) is 2.45. The quantitative estimate of drug-likeness (QED) is 0.768. The molecule has 2 aromatic heterocycles. The van der Waals surface area contributed by atoms with Gasteiger partial charge in [0.2, 0.25) is 5.16 Å². The number of carboxylic acid groups (broad SMARTS) is 1. The molecule has 104 valence electrons. The molecule has 1 N–H and O–H groups in total. The molecule has 0 bridgehead atoms. The van der Waals surface area contributed by atoms with E-state index >= 15 is 0 Å². The monoisotopic (exact) mass is 300 g/mol. The first-order valence-electron chi connectivity index (χ1n) is 5.82. The zero-order valence-electron chi connectivity index (χ0n) is 10.5. The van der Waals surface area contributed by atoms with Crippen LogP contribution < -0.4 is 0 Å². The lowest BCUT2D eigenvalue weighted by atomic mass is 10.3. The molecule has 0 fully saturated rings. The highest BCUT2D eigenvalue weighted by atomic mass is 32.2. The first-order chi connectivity index (χ1) is 10.3. The number of rotatable bonds is 4. The van der Waals surface area contributed by atoms with E-state index in [1.165, 1.54) is 16.9 Å². The van der Waals surface area contributed by atoms with Crippen molar-refractivity contribution in [1.82, 2.24) is 30.4 Å². The van der Waals surface area contributed by atoms with Crippen LogP contribution in [-0.4, -0.2) is 41.5 Å². The highest BCUT2D eigenvalue weighted by Crippen LogP contribution is 2.27. The minimum Gasteiger partial charge on any atom is -0.478 e. The van der Waals surface area contributed by atoms with Gasteiger partial charge in [-0.3, -0.25) is 0 Å². The third-order valence-corrected chi connectivity index (χ3v) is 3.48. The Morgan fingerprint density at radius 2 is 1.95 bits per heavy atom. The van der Waals surface area contributed by atoms with Gasteiger partial charge in [0, 0.05) is 0 Å². The van der Waals surface area contributed by atoms with Crippen molar-refractivity contribution in [2.75, 3.05) is 0 Å². The summed E-state index contributed by atoms with van der Waals surface area (Å²) in [6.07, 6.45) is 1.33. The Balaban J connectivity index is 1.98. The fraction of sp³-hybridized carbons (Fsp3) is 0. The summed E-state index contributed by atoms with van der Waals surface area (Å²) < 4.78 is 1.50. The van der Waals surface area contributed by atoms with Crippen LogP contribution in [0.5, 0.6) is 0 Å². The summed E-state index contributed by atoms with van der Waals surface area (Å²) in [4.78, 5) is 11.2. The van der Waals surface area contributed by atoms with Crippen LogP contribution in [0, 0.1) is 0 Å². The smallest absolute Gasteiger partial charge is 0.338 e. The number of carboxylic acids is 1. The molecule has 0 aliphatic rings. The number of aromatic nitrogens is 6. The lowest BCUT2D eigenvalue weighted by molar-refractivity contribution is 0.0692. The van der Waals surface area contributed by atoms with Crippen LogP contribution in [-0.2, 0) is 0 Å². The highest BCUT2D eigenvalue weighted by Gasteiger charge is 2.17. The molecule has 9 heteroatoms. The number of hydrogen-bond acceptors (Lipinski definition) is 7. The van der Waals surface area contributed by atoms with Crippen molar-refractivity contribution in [2.24, 2.45) is 0 Å². The molecule has 0 saturated carbocycles. The number of tetrazole rings is 1. The van der Waals surface area contributed by atoms with Gasteiger partial charge in [-0.05, 0) is 40.4 Å². The molecule has 21 heavy (non-hydrogen) atoms. The molecule has 0 aliphatic carbocycles. The van der Waals surface area contributed by atoms with Crippen molar-refractivity contribution in [3.63, 3.8) is 0 Å². The van der Waals surface area contributed by atoms with Gasteiger partial charge in [-0.15, -0.1) is 10.2 Å². The van der Waals surface area contributed by atoms with Crippen molar-refractivity contribution in [3.8, 4) is 5.69 Å². The average molecular weight is 300 g/mol. The van der Waals surface area contributed by atoms with Crippen LogP contribution in [0.1, 0.15) is 10.4 Å². The van der Waals surface area contributed by atoms with Gasteiger partial charge >= 0.3 is 5.97 Å². The van der Waals surface area contributed by atoms with E-state index in [0.717, 1.165) is 17.4 Å². The highest BCUT2D eigenvalue weighted by molar-refractivity contribution is 7.99. The molecule has 3 aromatic rings. The zero-order chi connectivity index (χ0) is 14.7. The molecule has 3 rings (SSSR count). The number of nitrogens with zero attached hydrogens (tertiary/aromatic N) is 6. The predicted molar refractivity (Wildman–Crippen MR) is 72.3 cm³/mol. The molecule has 0 atom stereocenters. The van der Waals surface area contributed by atoms with Crippen molar-refractivity contribution >= 4 is 17.7 Å². The third-order valence-electron chi connectivity index (χ3n) is 2.55. The van der Waals surface area contributed by atoms with E-state index in [1.807, 2.05) is 30.3 Å². The Hall–Kier alpha value is -2.81. The van der Waals surface area contributed by atoms with Crippen LogP contribution in [0.4, 0.5) is 0 Å². The second kappa shape index (κ2) is 5.67.